The monoisotopic (exact) mass is 396 g/mol. The van der Waals surface area contributed by atoms with E-state index in [4.69, 9.17) is 16.0 Å². The van der Waals surface area contributed by atoms with Crippen molar-refractivity contribution in [1.82, 2.24) is 0 Å². The number of hydrogen-bond acceptors (Lipinski definition) is 3. The summed E-state index contributed by atoms with van der Waals surface area (Å²) in [4.78, 5) is 11.1. The molecule has 3 nitrogen and oxygen atoms in total. The molecule has 1 rings (SSSR count). The van der Waals surface area contributed by atoms with Crippen LogP contribution in [0.1, 0.15) is 95.1 Å². The van der Waals surface area contributed by atoms with Gasteiger partial charge in [-0.15, -0.1) is 0 Å². The maximum absolute atomic E-state index is 11.1. The lowest BCUT2D eigenvalue weighted by atomic mass is 10.0. The van der Waals surface area contributed by atoms with Gasteiger partial charge in [0, 0.05) is 24.8 Å². The molecule has 0 saturated heterocycles. The van der Waals surface area contributed by atoms with Crippen LogP contribution in [0.5, 0.6) is 0 Å². The fourth-order valence-corrected chi connectivity index (χ4v) is 3.59. The summed E-state index contributed by atoms with van der Waals surface area (Å²) in [6, 6.07) is 0. The Labute approximate surface area is 170 Å². The lowest BCUT2D eigenvalue weighted by molar-refractivity contribution is -0.140. The van der Waals surface area contributed by atoms with E-state index >= 15 is 0 Å². The van der Waals surface area contributed by atoms with Gasteiger partial charge in [-0.2, -0.15) is 0 Å². The minimum atomic E-state index is -0.115. The lowest BCUT2D eigenvalue weighted by Gasteiger charge is -2.04. The Kier molecular flexibility index (Phi) is 12.2. The van der Waals surface area contributed by atoms with Gasteiger partial charge in [-0.05, 0) is 32.6 Å². The SMILES string of the molecule is C=C(C)Cc1c(CCCCCCCC(=O)OC)oc(CCCCCC)c1Cl. The molecule has 0 unspecified atom stereocenters. The largest absolute Gasteiger partial charge is 0.469 e. The van der Waals surface area contributed by atoms with Gasteiger partial charge in [0.1, 0.15) is 11.5 Å². The number of carbonyl (C=O) groups is 1. The Morgan fingerprint density at radius 2 is 1.59 bits per heavy atom. The number of halogens is 1. The molecular formula is C23H37ClO3. The smallest absolute Gasteiger partial charge is 0.305 e. The summed E-state index contributed by atoms with van der Waals surface area (Å²) >= 11 is 6.63. The molecular weight excluding hydrogens is 360 g/mol. The van der Waals surface area contributed by atoms with E-state index in [1.54, 1.807) is 0 Å². The molecule has 1 aromatic heterocycles. The van der Waals surface area contributed by atoms with Crippen LogP contribution in [-0.4, -0.2) is 13.1 Å². The predicted molar refractivity (Wildman–Crippen MR) is 114 cm³/mol. The van der Waals surface area contributed by atoms with Gasteiger partial charge in [0.25, 0.3) is 0 Å². The fourth-order valence-electron chi connectivity index (χ4n) is 3.29. The number of allylic oxidation sites excluding steroid dienone is 1. The van der Waals surface area contributed by atoms with Crippen molar-refractivity contribution in [2.75, 3.05) is 7.11 Å². The van der Waals surface area contributed by atoms with Crippen LogP contribution < -0.4 is 0 Å². The van der Waals surface area contributed by atoms with Crippen molar-refractivity contribution in [2.24, 2.45) is 0 Å². The maximum Gasteiger partial charge on any atom is 0.305 e. The van der Waals surface area contributed by atoms with Gasteiger partial charge >= 0.3 is 5.97 Å². The van der Waals surface area contributed by atoms with Crippen molar-refractivity contribution < 1.29 is 13.9 Å². The third kappa shape index (κ3) is 9.51. The lowest BCUT2D eigenvalue weighted by Crippen LogP contribution is -1.99. The van der Waals surface area contributed by atoms with Crippen LogP contribution in [0.2, 0.25) is 5.02 Å². The highest BCUT2D eigenvalue weighted by Gasteiger charge is 2.18. The van der Waals surface area contributed by atoms with Crippen LogP contribution in [0, 0.1) is 0 Å². The van der Waals surface area contributed by atoms with Gasteiger partial charge in [0.05, 0.1) is 12.1 Å². The van der Waals surface area contributed by atoms with Crippen LogP contribution in [0.4, 0.5) is 0 Å². The molecule has 0 radical (unpaired) electrons. The Balaban J connectivity index is 2.49. The van der Waals surface area contributed by atoms with E-state index in [0.717, 1.165) is 85.5 Å². The first-order valence-corrected chi connectivity index (χ1v) is 10.9. The van der Waals surface area contributed by atoms with Crippen molar-refractivity contribution in [2.45, 2.75) is 97.3 Å². The first-order chi connectivity index (χ1) is 13.0. The molecule has 0 aromatic carbocycles. The zero-order valence-electron chi connectivity index (χ0n) is 17.5. The number of hydrogen-bond donors (Lipinski definition) is 0. The van der Waals surface area contributed by atoms with E-state index in [1.165, 1.54) is 26.4 Å². The number of rotatable bonds is 15. The third-order valence-corrected chi connectivity index (χ3v) is 5.28. The number of carbonyl (C=O) groups excluding carboxylic acids is 1. The number of methoxy groups -OCH3 is 1. The Morgan fingerprint density at radius 3 is 2.22 bits per heavy atom. The van der Waals surface area contributed by atoms with Crippen LogP contribution in [0.3, 0.4) is 0 Å². The molecule has 0 aliphatic rings. The van der Waals surface area contributed by atoms with Gasteiger partial charge in [-0.3, -0.25) is 4.79 Å². The van der Waals surface area contributed by atoms with Crippen molar-refractivity contribution >= 4 is 17.6 Å². The molecule has 1 heterocycles. The molecule has 0 fully saturated rings. The first-order valence-electron chi connectivity index (χ1n) is 10.5. The number of ether oxygens (including phenoxy) is 1. The third-order valence-electron chi connectivity index (χ3n) is 4.84. The van der Waals surface area contributed by atoms with Crippen LogP contribution in [0.25, 0.3) is 0 Å². The van der Waals surface area contributed by atoms with Crippen molar-refractivity contribution in [1.29, 1.82) is 0 Å². The second-order valence-corrected chi connectivity index (χ2v) is 7.91. The number of esters is 1. The second kappa shape index (κ2) is 13.9. The molecule has 154 valence electrons. The molecule has 4 heteroatoms. The quantitative estimate of drug-likeness (QED) is 0.178. The van der Waals surface area contributed by atoms with Crippen LogP contribution >= 0.6 is 11.6 Å². The summed E-state index contributed by atoms with van der Waals surface area (Å²) in [6.45, 7) is 8.30. The standard InChI is InChI=1S/C23H37ClO3/c1-5-6-7-11-15-21-23(24)19(17-18(2)3)20(27-21)14-12-9-8-10-13-16-22(25)26-4/h2,5-17H2,1,3-4H3. The van der Waals surface area contributed by atoms with E-state index in [9.17, 15) is 4.79 Å². The van der Waals surface area contributed by atoms with Gasteiger partial charge in [0.2, 0.25) is 0 Å². The van der Waals surface area contributed by atoms with E-state index in [1.807, 2.05) is 6.92 Å². The zero-order valence-corrected chi connectivity index (χ0v) is 18.3. The topological polar surface area (TPSA) is 39.4 Å². The number of aryl methyl sites for hydroxylation is 2. The van der Waals surface area contributed by atoms with Gasteiger partial charge < -0.3 is 9.15 Å². The highest BCUT2D eigenvalue weighted by Crippen LogP contribution is 2.32. The molecule has 27 heavy (non-hydrogen) atoms. The summed E-state index contributed by atoms with van der Waals surface area (Å²) in [6.07, 6.45) is 13.3. The minimum absolute atomic E-state index is 0.115. The first kappa shape index (κ1) is 23.8. The van der Waals surface area contributed by atoms with Gasteiger partial charge in [0.15, 0.2) is 0 Å². The molecule has 1 aromatic rings. The molecule has 0 atom stereocenters. The zero-order chi connectivity index (χ0) is 20.1. The highest BCUT2D eigenvalue weighted by molar-refractivity contribution is 6.32. The van der Waals surface area contributed by atoms with E-state index in [0.29, 0.717) is 6.42 Å². The second-order valence-electron chi connectivity index (χ2n) is 7.53. The predicted octanol–water partition coefficient (Wildman–Crippen LogP) is 7.23. The van der Waals surface area contributed by atoms with Crippen molar-refractivity contribution in [3.63, 3.8) is 0 Å². The summed E-state index contributed by atoms with van der Waals surface area (Å²) in [5, 5.41) is 0.822. The Morgan fingerprint density at radius 1 is 1.00 bits per heavy atom. The molecule has 0 bridgehead atoms. The molecule has 0 spiro atoms. The van der Waals surface area contributed by atoms with Crippen molar-refractivity contribution in [3.8, 4) is 0 Å². The van der Waals surface area contributed by atoms with Crippen LogP contribution in [-0.2, 0) is 28.8 Å². The number of unbranched alkanes of at least 4 members (excludes halogenated alkanes) is 7. The normalized spacial score (nSPS) is 11.0. The minimum Gasteiger partial charge on any atom is -0.469 e. The molecule has 0 aliphatic carbocycles. The summed E-state index contributed by atoms with van der Waals surface area (Å²) in [7, 11) is 1.44. The van der Waals surface area contributed by atoms with Gasteiger partial charge in [-0.25, -0.2) is 0 Å². The van der Waals surface area contributed by atoms with Crippen molar-refractivity contribution in [3.05, 3.63) is 34.3 Å². The fraction of sp³-hybridized carbons (Fsp3) is 0.696. The Bertz CT molecular complexity index is 574. The summed E-state index contributed by atoms with van der Waals surface area (Å²) in [5.74, 6) is 1.89. The molecule has 0 N–H and O–H groups in total. The molecule has 0 amide bonds. The highest BCUT2D eigenvalue weighted by atomic mass is 35.5. The summed E-state index contributed by atoms with van der Waals surface area (Å²) in [5.41, 5.74) is 2.25. The average molecular weight is 397 g/mol. The molecule has 0 aliphatic heterocycles. The van der Waals surface area contributed by atoms with E-state index < -0.39 is 0 Å². The van der Waals surface area contributed by atoms with E-state index in [2.05, 4.69) is 18.2 Å². The van der Waals surface area contributed by atoms with Crippen LogP contribution in [0.15, 0.2) is 16.6 Å². The van der Waals surface area contributed by atoms with E-state index in [-0.39, 0.29) is 5.97 Å². The Hall–Kier alpha value is -1.22. The number of furan rings is 1. The average Bonchev–Trinajstić information content (AvgIpc) is 2.92. The van der Waals surface area contributed by atoms with Gasteiger partial charge in [-0.1, -0.05) is 69.2 Å². The molecule has 0 saturated carbocycles. The maximum atomic E-state index is 11.1. The summed E-state index contributed by atoms with van der Waals surface area (Å²) < 4.78 is 10.8.